The van der Waals surface area contributed by atoms with Crippen LogP contribution in [0.1, 0.15) is 37.5 Å². The Bertz CT molecular complexity index is 403. The summed E-state index contributed by atoms with van der Waals surface area (Å²) in [5, 5.41) is 9.67. The van der Waals surface area contributed by atoms with Crippen molar-refractivity contribution in [2.45, 2.75) is 32.8 Å². The summed E-state index contributed by atoms with van der Waals surface area (Å²) in [6, 6.07) is 5.96. The van der Waals surface area contributed by atoms with Gasteiger partial charge in [0.25, 0.3) is 0 Å². The van der Waals surface area contributed by atoms with Crippen molar-refractivity contribution < 1.29 is 9.84 Å². The number of hydrogen-bond acceptors (Lipinski definition) is 2. The first-order chi connectivity index (χ1) is 7.66. The van der Waals surface area contributed by atoms with Crippen molar-refractivity contribution in [1.29, 1.82) is 0 Å². The third kappa shape index (κ3) is 2.45. The minimum absolute atomic E-state index is 0.276. The molecule has 86 valence electrons. The number of fused-ring (bicyclic) bond motifs is 1. The van der Waals surface area contributed by atoms with Crippen molar-refractivity contribution >= 4 is 0 Å². The van der Waals surface area contributed by atoms with Crippen LogP contribution in [0.25, 0.3) is 0 Å². The van der Waals surface area contributed by atoms with Crippen LogP contribution in [0.15, 0.2) is 29.8 Å². The van der Waals surface area contributed by atoms with Gasteiger partial charge >= 0.3 is 0 Å². The highest BCUT2D eigenvalue weighted by Gasteiger charge is 2.20. The minimum Gasteiger partial charge on any atom is -0.490 e. The highest BCUT2D eigenvalue weighted by molar-refractivity contribution is 5.39. The van der Waals surface area contributed by atoms with Gasteiger partial charge in [-0.25, -0.2) is 0 Å². The van der Waals surface area contributed by atoms with E-state index in [9.17, 15) is 5.11 Å². The van der Waals surface area contributed by atoms with Crippen molar-refractivity contribution in [3.63, 3.8) is 0 Å². The Balaban J connectivity index is 2.05. The number of allylic oxidation sites excluding steroid dienone is 1. The molecular formula is C14H18O2. The quantitative estimate of drug-likeness (QED) is 0.790. The topological polar surface area (TPSA) is 29.5 Å². The van der Waals surface area contributed by atoms with Crippen LogP contribution in [-0.4, -0.2) is 11.7 Å². The molecule has 2 rings (SSSR count). The Kier molecular flexibility index (Phi) is 3.30. The van der Waals surface area contributed by atoms with Crippen LogP contribution in [0, 0.1) is 0 Å². The fraction of sp³-hybridized carbons (Fsp3) is 0.429. The lowest BCUT2D eigenvalue weighted by Crippen LogP contribution is -1.96. The van der Waals surface area contributed by atoms with Gasteiger partial charge in [-0.15, -0.1) is 0 Å². The lowest BCUT2D eigenvalue weighted by molar-refractivity contribution is 0.180. The van der Waals surface area contributed by atoms with E-state index < -0.39 is 0 Å². The van der Waals surface area contributed by atoms with Gasteiger partial charge in [0.15, 0.2) is 0 Å². The molecule has 0 fully saturated rings. The SMILES string of the molecule is CC(C)=CCOc1ccc2c(c1)CCC2O. The van der Waals surface area contributed by atoms with Crippen LogP contribution in [0.3, 0.4) is 0 Å². The van der Waals surface area contributed by atoms with Crippen molar-refractivity contribution in [1.82, 2.24) is 0 Å². The lowest BCUT2D eigenvalue weighted by Gasteiger charge is -2.07. The van der Waals surface area contributed by atoms with Crippen LogP contribution in [0.5, 0.6) is 5.75 Å². The fourth-order valence-corrected chi connectivity index (χ4v) is 1.97. The van der Waals surface area contributed by atoms with E-state index >= 15 is 0 Å². The maximum Gasteiger partial charge on any atom is 0.120 e. The zero-order valence-corrected chi connectivity index (χ0v) is 9.86. The molecular weight excluding hydrogens is 200 g/mol. The molecule has 0 spiro atoms. The molecule has 0 heterocycles. The summed E-state index contributed by atoms with van der Waals surface area (Å²) in [5.41, 5.74) is 3.55. The molecule has 1 aromatic rings. The number of benzene rings is 1. The number of aliphatic hydroxyl groups is 1. The van der Waals surface area contributed by atoms with Gasteiger partial charge in [-0.05, 0) is 56.0 Å². The van der Waals surface area contributed by atoms with E-state index in [4.69, 9.17) is 4.74 Å². The standard InChI is InChI=1S/C14H18O2/c1-10(2)7-8-16-12-4-5-13-11(9-12)3-6-14(13)15/h4-5,7,9,14-15H,3,6,8H2,1-2H3. The number of aliphatic hydroxyl groups excluding tert-OH is 1. The predicted octanol–water partition coefficient (Wildman–Crippen LogP) is 3.01. The number of aryl methyl sites for hydroxylation is 1. The predicted molar refractivity (Wildman–Crippen MR) is 64.6 cm³/mol. The molecule has 16 heavy (non-hydrogen) atoms. The van der Waals surface area contributed by atoms with Gasteiger partial charge in [-0.1, -0.05) is 11.6 Å². The van der Waals surface area contributed by atoms with E-state index in [1.54, 1.807) is 0 Å². The van der Waals surface area contributed by atoms with Crippen molar-refractivity contribution in [3.8, 4) is 5.75 Å². The highest BCUT2D eigenvalue weighted by Crippen LogP contribution is 2.33. The van der Waals surface area contributed by atoms with Crippen LogP contribution in [0.4, 0.5) is 0 Å². The molecule has 1 aliphatic rings. The zero-order chi connectivity index (χ0) is 11.5. The van der Waals surface area contributed by atoms with Crippen LogP contribution >= 0.6 is 0 Å². The highest BCUT2D eigenvalue weighted by atomic mass is 16.5. The Morgan fingerprint density at radius 1 is 1.50 bits per heavy atom. The smallest absolute Gasteiger partial charge is 0.120 e. The molecule has 1 aromatic carbocycles. The van der Waals surface area contributed by atoms with Gasteiger partial charge in [0.1, 0.15) is 12.4 Å². The van der Waals surface area contributed by atoms with E-state index in [0.717, 1.165) is 24.2 Å². The second-order valence-electron chi connectivity index (χ2n) is 4.51. The average Bonchev–Trinajstić information content (AvgIpc) is 2.60. The summed E-state index contributed by atoms with van der Waals surface area (Å²) in [7, 11) is 0. The minimum atomic E-state index is -0.276. The molecule has 1 N–H and O–H groups in total. The Labute approximate surface area is 96.6 Å². The fourth-order valence-electron chi connectivity index (χ4n) is 1.97. The number of ether oxygens (including phenoxy) is 1. The molecule has 2 heteroatoms. The summed E-state index contributed by atoms with van der Waals surface area (Å²) in [5.74, 6) is 0.894. The Morgan fingerprint density at radius 3 is 3.06 bits per heavy atom. The maximum atomic E-state index is 9.67. The van der Waals surface area contributed by atoms with E-state index in [1.165, 1.54) is 11.1 Å². The van der Waals surface area contributed by atoms with E-state index in [1.807, 2.05) is 18.2 Å². The third-order valence-electron chi connectivity index (χ3n) is 2.90. The van der Waals surface area contributed by atoms with Crippen LogP contribution in [-0.2, 0) is 6.42 Å². The van der Waals surface area contributed by atoms with Crippen LogP contribution in [0.2, 0.25) is 0 Å². The van der Waals surface area contributed by atoms with Gasteiger partial charge in [0, 0.05) is 0 Å². The van der Waals surface area contributed by atoms with E-state index in [0.29, 0.717) is 6.61 Å². The Morgan fingerprint density at radius 2 is 2.31 bits per heavy atom. The summed E-state index contributed by atoms with van der Waals surface area (Å²) in [6.07, 6.45) is 3.58. The van der Waals surface area contributed by atoms with Gasteiger partial charge < -0.3 is 9.84 Å². The van der Waals surface area contributed by atoms with Crippen molar-refractivity contribution in [3.05, 3.63) is 41.0 Å². The molecule has 1 atom stereocenters. The molecule has 0 amide bonds. The van der Waals surface area contributed by atoms with Gasteiger partial charge in [-0.3, -0.25) is 0 Å². The molecule has 0 saturated heterocycles. The molecule has 0 aliphatic heterocycles. The Hall–Kier alpha value is -1.28. The van der Waals surface area contributed by atoms with Crippen molar-refractivity contribution in [2.75, 3.05) is 6.61 Å². The van der Waals surface area contributed by atoms with Gasteiger partial charge in [-0.2, -0.15) is 0 Å². The third-order valence-corrected chi connectivity index (χ3v) is 2.90. The van der Waals surface area contributed by atoms with E-state index in [-0.39, 0.29) is 6.10 Å². The molecule has 0 saturated carbocycles. The lowest BCUT2D eigenvalue weighted by atomic mass is 10.1. The maximum absolute atomic E-state index is 9.67. The summed E-state index contributed by atoms with van der Waals surface area (Å²) in [4.78, 5) is 0. The molecule has 1 unspecified atom stereocenters. The molecule has 2 nitrogen and oxygen atoms in total. The number of rotatable bonds is 3. The average molecular weight is 218 g/mol. The molecule has 0 bridgehead atoms. The first-order valence-electron chi connectivity index (χ1n) is 5.74. The van der Waals surface area contributed by atoms with Gasteiger partial charge in [0.05, 0.1) is 6.10 Å². The zero-order valence-electron chi connectivity index (χ0n) is 9.86. The largest absolute Gasteiger partial charge is 0.490 e. The van der Waals surface area contributed by atoms with Crippen molar-refractivity contribution in [2.24, 2.45) is 0 Å². The summed E-state index contributed by atoms with van der Waals surface area (Å²) in [6.45, 7) is 4.73. The van der Waals surface area contributed by atoms with E-state index in [2.05, 4.69) is 19.9 Å². The first-order valence-corrected chi connectivity index (χ1v) is 5.74. The second-order valence-corrected chi connectivity index (χ2v) is 4.51. The summed E-state index contributed by atoms with van der Waals surface area (Å²) < 4.78 is 5.62. The normalized spacial score (nSPS) is 18.1. The molecule has 0 aromatic heterocycles. The number of hydrogen-bond donors (Lipinski definition) is 1. The first kappa shape index (κ1) is 11.2. The molecule has 1 aliphatic carbocycles. The van der Waals surface area contributed by atoms with Gasteiger partial charge in [0.2, 0.25) is 0 Å². The summed E-state index contributed by atoms with van der Waals surface area (Å²) >= 11 is 0. The van der Waals surface area contributed by atoms with Crippen LogP contribution < -0.4 is 4.74 Å². The monoisotopic (exact) mass is 218 g/mol. The second kappa shape index (κ2) is 4.71. The molecule has 0 radical (unpaired) electrons.